The molecule has 20 heavy (non-hydrogen) atoms. The van der Waals surface area contributed by atoms with E-state index in [0.29, 0.717) is 11.3 Å². The van der Waals surface area contributed by atoms with Gasteiger partial charge in [-0.1, -0.05) is 17.7 Å². The van der Waals surface area contributed by atoms with Crippen molar-refractivity contribution in [1.82, 2.24) is 0 Å². The number of allylic oxidation sites excluding steroid dienone is 1. The summed E-state index contributed by atoms with van der Waals surface area (Å²) in [5.41, 5.74) is 1.27. The number of benzene rings is 1. The zero-order valence-electron chi connectivity index (χ0n) is 11.1. The van der Waals surface area contributed by atoms with E-state index < -0.39 is 9.84 Å². The van der Waals surface area contributed by atoms with E-state index in [1.807, 2.05) is 6.92 Å². The summed E-state index contributed by atoms with van der Waals surface area (Å²) in [4.78, 5) is 3.31. The van der Waals surface area contributed by atoms with E-state index in [1.165, 1.54) is 18.4 Å². The second-order valence-electron chi connectivity index (χ2n) is 4.34. The average molecular weight is 287 g/mol. The maximum Gasteiger partial charge on any atom is 0.289 e. The maximum atomic E-state index is 12.5. The molecule has 0 amide bonds. The van der Waals surface area contributed by atoms with Crippen LogP contribution in [0.4, 0.5) is 0 Å². The first-order valence-corrected chi connectivity index (χ1v) is 7.39. The van der Waals surface area contributed by atoms with Crippen molar-refractivity contribution >= 4 is 15.4 Å². The molecule has 0 saturated carbocycles. The van der Waals surface area contributed by atoms with Crippen LogP contribution in [-0.4, -0.2) is 8.42 Å². The van der Waals surface area contributed by atoms with Crippen molar-refractivity contribution < 1.29 is 12.8 Å². The third kappa shape index (κ3) is 2.51. The van der Waals surface area contributed by atoms with Gasteiger partial charge in [0.15, 0.2) is 0 Å². The molecule has 102 valence electrons. The Labute approximate surface area is 118 Å². The predicted molar refractivity (Wildman–Crippen MR) is 76.3 cm³/mol. The van der Waals surface area contributed by atoms with Crippen LogP contribution in [0.1, 0.15) is 18.2 Å². The molecule has 2 aromatic rings. The van der Waals surface area contributed by atoms with Gasteiger partial charge in [-0.25, -0.2) is 13.3 Å². The Morgan fingerprint density at radius 2 is 1.85 bits per heavy atom. The van der Waals surface area contributed by atoms with Crippen LogP contribution >= 0.6 is 0 Å². The molecular formula is C15H13NO3S. The first kappa shape index (κ1) is 14.1. The van der Waals surface area contributed by atoms with Gasteiger partial charge in [-0.05, 0) is 38.1 Å². The van der Waals surface area contributed by atoms with E-state index in [-0.39, 0.29) is 9.92 Å². The van der Waals surface area contributed by atoms with Crippen molar-refractivity contribution in [3.8, 4) is 0 Å². The molecule has 4 nitrogen and oxygen atoms in total. The first-order valence-electron chi connectivity index (χ1n) is 5.91. The second-order valence-corrected chi connectivity index (χ2v) is 6.20. The van der Waals surface area contributed by atoms with Crippen molar-refractivity contribution in [2.75, 3.05) is 0 Å². The SMILES string of the molecule is [C-]#[N+]/C(=C(\C)c1ccco1)S(=O)(=O)c1ccc(C)cc1. The predicted octanol–water partition coefficient (Wildman–Crippen LogP) is 3.67. The van der Waals surface area contributed by atoms with Crippen molar-refractivity contribution in [1.29, 1.82) is 0 Å². The molecule has 0 unspecified atom stereocenters. The fourth-order valence-electron chi connectivity index (χ4n) is 1.77. The van der Waals surface area contributed by atoms with Crippen molar-refractivity contribution in [2.45, 2.75) is 18.7 Å². The highest BCUT2D eigenvalue weighted by Crippen LogP contribution is 2.28. The highest BCUT2D eigenvalue weighted by Gasteiger charge is 2.25. The van der Waals surface area contributed by atoms with Crippen LogP contribution in [0.3, 0.4) is 0 Å². The minimum atomic E-state index is -3.83. The lowest BCUT2D eigenvalue weighted by molar-refractivity contribution is 0.552. The quantitative estimate of drug-likeness (QED) is 0.809. The molecule has 0 aliphatic carbocycles. The van der Waals surface area contributed by atoms with Crippen molar-refractivity contribution in [2.24, 2.45) is 0 Å². The minimum Gasteiger partial charge on any atom is -0.466 e. The summed E-state index contributed by atoms with van der Waals surface area (Å²) < 4.78 is 30.2. The highest BCUT2D eigenvalue weighted by atomic mass is 32.2. The highest BCUT2D eigenvalue weighted by molar-refractivity contribution is 7.95. The Kier molecular flexibility index (Phi) is 3.77. The molecule has 0 fully saturated rings. The Balaban J connectivity index is 2.60. The van der Waals surface area contributed by atoms with Gasteiger partial charge in [-0.15, -0.1) is 0 Å². The van der Waals surface area contributed by atoms with E-state index in [0.717, 1.165) is 5.56 Å². The molecule has 1 aromatic heterocycles. The van der Waals surface area contributed by atoms with Gasteiger partial charge in [-0.3, -0.25) is 0 Å². The third-order valence-electron chi connectivity index (χ3n) is 2.90. The van der Waals surface area contributed by atoms with E-state index >= 15 is 0 Å². The smallest absolute Gasteiger partial charge is 0.289 e. The molecule has 0 radical (unpaired) electrons. The van der Waals surface area contributed by atoms with Crippen molar-refractivity contribution in [3.05, 3.63) is 70.4 Å². The third-order valence-corrected chi connectivity index (χ3v) is 4.70. The summed E-state index contributed by atoms with van der Waals surface area (Å²) in [5.74, 6) is 0.381. The summed E-state index contributed by atoms with van der Waals surface area (Å²) in [6.45, 7) is 10.6. The molecule has 1 heterocycles. The van der Waals surface area contributed by atoms with Crippen LogP contribution in [0.5, 0.6) is 0 Å². The monoisotopic (exact) mass is 287 g/mol. The number of sulfone groups is 1. The zero-order chi connectivity index (χ0) is 14.8. The largest absolute Gasteiger partial charge is 0.466 e. The van der Waals surface area contributed by atoms with Crippen LogP contribution in [0.15, 0.2) is 57.0 Å². The standard InChI is InChI=1S/C15H13NO3S/c1-11-6-8-13(9-7-11)20(17,18)15(16-3)12(2)14-5-4-10-19-14/h4-10H,1-2H3/b15-12-. The number of hydrogen-bond acceptors (Lipinski definition) is 3. The first-order chi connectivity index (χ1) is 9.46. The number of hydrogen-bond donors (Lipinski definition) is 0. The number of aryl methyl sites for hydroxylation is 1. The summed E-state index contributed by atoms with van der Waals surface area (Å²) in [7, 11) is -3.83. The van der Waals surface area contributed by atoms with E-state index in [2.05, 4.69) is 4.85 Å². The number of rotatable bonds is 3. The van der Waals surface area contributed by atoms with Gasteiger partial charge in [0.25, 0.3) is 5.03 Å². The van der Waals surface area contributed by atoms with Crippen LogP contribution in [0.2, 0.25) is 0 Å². The van der Waals surface area contributed by atoms with Gasteiger partial charge in [0.2, 0.25) is 9.84 Å². The van der Waals surface area contributed by atoms with Crippen LogP contribution in [0.25, 0.3) is 10.4 Å². The molecule has 0 spiro atoms. The molecule has 0 bridgehead atoms. The van der Waals surface area contributed by atoms with Crippen molar-refractivity contribution in [3.63, 3.8) is 0 Å². The molecule has 0 aliphatic heterocycles. The average Bonchev–Trinajstić information content (AvgIpc) is 2.93. The minimum absolute atomic E-state index is 0.111. The fourth-order valence-corrected chi connectivity index (χ4v) is 3.11. The molecule has 0 atom stereocenters. The fraction of sp³-hybridized carbons (Fsp3) is 0.133. The van der Waals surface area contributed by atoms with Gasteiger partial charge in [0, 0.05) is 5.57 Å². The Morgan fingerprint density at radius 1 is 1.20 bits per heavy atom. The Hall–Kier alpha value is -2.32. The van der Waals surface area contributed by atoms with E-state index in [1.54, 1.807) is 31.2 Å². The summed E-state index contributed by atoms with van der Waals surface area (Å²) >= 11 is 0. The van der Waals surface area contributed by atoms with E-state index in [4.69, 9.17) is 11.0 Å². The zero-order valence-corrected chi connectivity index (χ0v) is 11.9. The maximum absolute atomic E-state index is 12.5. The Bertz CT molecular complexity index is 777. The topological polar surface area (TPSA) is 51.6 Å². The second kappa shape index (κ2) is 5.35. The molecule has 5 heteroatoms. The summed E-state index contributed by atoms with van der Waals surface area (Å²) in [5, 5.41) is -0.309. The molecule has 1 aromatic carbocycles. The number of furan rings is 1. The summed E-state index contributed by atoms with van der Waals surface area (Å²) in [6, 6.07) is 9.70. The summed E-state index contributed by atoms with van der Waals surface area (Å²) in [6.07, 6.45) is 1.44. The normalized spacial score (nSPS) is 12.7. The van der Waals surface area contributed by atoms with Crippen LogP contribution < -0.4 is 0 Å². The lowest BCUT2D eigenvalue weighted by atomic mass is 10.2. The van der Waals surface area contributed by atoms with Gasteiger partial charge in [-0.2, -0.15) is 0 Å². The van der Waals surface area contributed by atoms with Gasteiger partial charge < -0.3 is 4.42 Å². The molecular weight excluding hydrogens is 274 g/mol. The lowest BCUT2D eigenvalue weighted by Gasteiger charge is -2.06. The van der Waals surface area contributed by atoms with E-state index in [9.17, 15) is 8.42 Å². The van der Waals surface area contributed by atoms with Gasteiger partial charge in [0.1, 0.15) is 5.76 Å². The van der Waals surface area contributed by atoms with Crippen LogP contribution in [0, 0.1) is 13.5 Å². The Morgan fingerprint density at radius 3 is 2.35 bits per heavy atom. The van der Waals surface area contributed by atoms with Crippen LogP contribution in [-0.2, 0) is 9.84 Å². The number of nitrogens with zero attached hydrogens (tertiary/aromatic N) is 1. The van der Waals surface area contributed by atoms with Gasteiger partial charge >= 0.3 is 0 Å². The van der Waals surface area contributed by atoms with Gasteiger partial charge in [0.05, 0.1) is 17.7 Å². The molecule has 0 N–H and O–H groups in total. The molecule has 2 rings (SSSR count). The molecule has 0 aliphatic rings. The molecule has 0 saturated heterocycles. The lowest BCUT2D eigenvalue weighted by Crippen LogP contribution is -2.04.